The van der Waals surface area contributed by atoms with Crippen LogP contribution in [0.5, 0.6) is 0 Å². The number of carbonyl (C=O) groups excluding carboxylic acids is 1. The molecule has 1 fully saturated rings. The number of rotatable bonds is 5. The lowest BCUT2D eigenvalue weighted by molar-refractivity contribution is -0.137. The molecule has 5 nitrogen and oxygen atoms in total. The maximum absolute atomic E-state index is 12.0. The van der Waals surface area contributed by atoms with E-state index in [0.29, 0.717) is 13.2 Å². The molecule has 1 aliphatic heterocycles. The van der Waals surface area contributed by atoms with E-state index < -0.39 is 6.10 Å². The van der Waals surface area contributed by atoms with Crippen molar-refractivity contribution in [2.24, 2.45) is 5.92 Å². The van der Waals surface area contributed by atoms with Crippen molar-refractivity contribution in [3.8, 4) is 0 Å². The minimum atomic E-state index is -0.628. The van der Waals surface area contributed by atoms with Crippen LogP contribution in [0.4, 0.5) is 0 Å². The van der Waals surface area contributed by atoms with Crippen molar-refractivity contribution in [3.63, 3.8) is 0 Å². The maximum atomic E-state index is 12.0. The van der Waals surface area contributed by atoms with E-state index in [-0.39, 0.29) is 24.5 Å². The summed E-state index contributed by atoms with van der Waals surface area (Å²) >= 11 is 0. The summed E-state index contributed by atoms with van der Waals surface area (Å²) in [5.74, 6) is -0.0279. The SMILES string of the molecule is COCC(O)CN(C)C(=O)C1CCOC1C. The van der Waals surface area contributed by atoms with Crippen LogP contribution < -0.4 is 0 Å². The lowest BCUT2D eigenvalue weighted by atomic mass is 10.0. The summed E-state index contributed by atoms with van der Waals surface area (Å²) in [7, 11) is 3.23. The van der Waals surface area contributed by atoms with E-state index in [0.717, 1.165) is 6.42 Å². The first-order valence-corrected chi connectivity index (χ1v) is 5.59. The zero-order chi connectivity index (χ0) is 12.1. The van der Waals surface area contributed by atoms with Crippen LogP contribution in [-0.4, -0.2) is 62.0 Å². The first-order valence-electron chi connectivity index (χ1n) is 5.59. The largest absolute Gasteiger partial charge is 0.389 e. The van der Waals surface area contributed by atoms with Crippen LogP contribution in [0.25, 0.3) is 0 Å². The number of hydrogen-bond donors (Lipinski definition) is 1. The molecule has 3 atom stereocenters. The van der Waals surface area contributed by atoms with Gasteiger partial charge in [-0.1, -0.05) is 0 Å². The molecule has 1 amide bonds. The molecule has 0 radical (unpaired) electrons. The predicted molar refractivity (Wildman–Crippen MR) is 59.0 cm³/mol. The average molecular weight is 231 g/mol. The standard InChI is InChI=1S/C11H21NO4/c1-8-10(4-5-16-8)11(14)12(2)6-9(13)7-15-3/h8-10,13H,4-7H2,1-3H3. The first-order chi connectivity index (χ1) is 7.56. The number of nitrogens with zero attached hydrogens (tertiary/aromatic N) is 1. The molecule has 5 heteroatoms. The van der Waals surface area contributed by atoms with Crippen molar-refractivity contribution in [1.29, 1.82) is 0 Å². The Labute approximate surface area is 96.3 Å². The fraction of sp³-hybridized carbons (Fsp3) is 0.909. The van der Waals surface area contributed by atoms with Crippen LogP contribution in [-0.2, 0) is 14.3 Å². The summed E-state index contributed by atoms with van der Waals surface area (Å²) in [6, 6.07) is 0. The van der Waals surface area contributed by atoms with Crippen LogP contribution in [0.3, 0.4) is 0 Å². The monoisotopic (exact) mass is 231 g/mol. The van der Waals surface area contributed by atoms with Crippen molar-refractivity contribution in [2.75, 3.05) is 33.9 Å². The molecule has 0 spiro atoms. The molecule has 1 N–H and O–H groups in total. The van der Waals surface area contributed by atoms with Crippen LogP contribution >= 0.6 is 0 Å². The van der Waals surface area contributed by atoms with Gasteiger partial charge in [0.1, 0.15) is 0 Å². The number of likely N-dealkylation sites (N-methyl/N-ethyl adjacent to an activating group) is 1. The predicted octanol–water partition coefficient (Wildman–Crippen LogP) is -0.123. The summed E-state index contributed by atoms with van der Waals surface area (Å²) in [5, 5.41) is 9.53. The molecule has 0 aromatic carbocycles. The number of methoxy groups -OCH3 is 1. The van der Waals surface area contributed by atoms with E-state index in [2.05, 4.69) is 0 Å². The molecular weight excluding hydrogens is 210 g/mol. The molecule has 1 rings (SSSR count). The van der Waals surface area contributed by atoms with Gasteiger partial charge in [-0.15, -0.1) is 0 Å². The summed E-state index contributed by atoms with van der Waals surface area (Å²) in [5.41, 5.74) is 0. The minimum absolute atomic E-state index is 0.0190. The molecule has 0 aromatic heterocycles. The zero-order valence-corrected chi connectivity index (χ0v) is 10.2. The summed E-state index contributed by atoms with van der Waals surface area (Å²) in [6.07, 6.45) is 0.121. The van der Waals surface area contributed by atoms with Gasteiger partial charge in [-0.05, 0) is 13.3 Å². The molecule has 0 aromatic rings. The minimum Gasteiger partial charge on any atom is -0.389 e. The van der Waals surface area contributed by atoms with Crippen LogP contribution in [0, 0.1) is 5.92 Å². The Balaban J connectivity index is 2.40. The number of aliphatic hydroxyl groups excluding tert-OH is 1. The average Bonchev–Trinajstić information content (AvgIpc) is 2.63. The zero-order valence-electron chi connectivity index (χ0n) is 10.2. The number of ether oxygens (including phenoxy) is 2. The molecule has 1 saturated heterocycles. The van der Waals surface area contributed by atoms with E-state index in [9.17, 15) is 9.90 Å². The number of hydrogen-bond acceptors (Lipinski definition) is 4. The van der Waals surface area contributed by atoms with Crippen LogP contribution in [0.2, 0.25) is 0 Å². The fourth-order valence-corrected chi connectivity index (χ4v) is 1.99. The Morgan fingerprint density at radius 1 is 1.69 bits per heavy atom. The van der Waals surface area contributed by atoms with E-state index >= 15 is 0 Å². The Kier molecular flexibility index (Phi) is 5.18. The van der Waals surface area contributed by atoms with Gasteiger partial charge in [-0.25, -0.2) is 0 Å². The highest BCUT2D eigenvalue weighted by Crippen LogP contribution is 2.22. The second kappa shape index (κ2) is 6.18. The number of carbonyl (C=O) groups is 1. The highest BCUT2D eigenvalue weighted by Gasteiger charge is 2.33. The Bertz CT molecular complexity index is 234. The molecule has 94 valence electrons. The molecular formula is C11H21NO4. The Morgan fingerprint density at radius 2 is 2.38 bits per heavy atom. The van der Waals surface area contributed by atoms with E-state index in [4.69, 9.17) is 9.47 Å². The molecule has 1 aliphatic rings. The van der Waals surface area contributed by atoms with Crippen molar-refractivity contribution in [3.05, 3.63) is 0 Å². The van der Waals surface area contributed by atoms with Gasteiger partial charge >= 0.3 is 0 Å². The smallest absolute Gasteiger partial charge is 0.228 e. The van der Waals surface area contributed by atoms with Gasteiger partial charge in [0.15, 0.2) is 0 Å². The third kappa shape index (κ3) is 3.43. The van der Waals surface area contributed by atoms with Gasteiger partial charge < -0.3 is 19.5 Å². The Morgan fingerprint density at radius 3 is 2.88 bits per heavy atom. The van der Waals surface area contributed by atoms with Gasteiger partial charge in [-0.2, -0.15) is 0 Å². The van der Waals surface area contributed by atoms with Crippen LogP contribution in [0.1, 0.15) is 13.3 Å². The molecule has 0 aliphatic carbocycles. The third-order valence-electron chi connectivity index (χ3n) is 2.91. The molecule has 0 bridgehead atoms. The lowest BCUT2D eigenvalue weighted by Gasteiger charge is -2.24. The van der Waals surface area contributed by atoms with Gasteiger partial charge in [0.25, 0.3) is 0 Å². The second-order valence-electron chi connectivity index (χ2n) is 4.30. The van der Waals surface area contributed by atoms with Crippen LogP contribution in [0.15, 0.2) is 0 Å². The first kappa shape index (κ1) is 13.4. The van der Waals surface area contributed by atoms with E-state index in [1.54, 1.807) is 11.9 Å². The molecule has 0 saturated carbocycles. The van der Waals surface area contributed by atoms with Gasteiger partial charge in [-0.3, -0.25) is 4.79 Å². The van der Waals surface area contributed by atoms with Crippen molar-refractivity contribution in [2.45, 2.75) is 25.6 Å². The van der Waals surface area contributed by atoms with Gasteiger partial charge in [0.2, 0.25) is 5.91 Å². The normalized spacial score (nSPS) is 26.8. The van der Waals surface area contributed by atoms with Crippen molar-refractivity contribution >= 4 is 5.91 Å². The lowest BCUT2D eigenvalue weighted by Crippen LogP contribution is -2.41. The highest BCUT2D eigenvalue weighted by molar-refractivity contribution is 5.79. The van der Waals surface area contributed by atoms with E-state index in [1.807, 2.05) is 6.92 Å². The highest BCUT2D eigenvalue weighted by atomic mass is 16.5. The topological polar surface area (TPSA) is 59.0 Å². The summed E-state index contributed by atoms with van der Waals surface area (Å²) < 4.78 is 10.2. The maximum Gasteiger partial charge on any atom is 0.228 e. The fourth-order valence-electron chi connectivity index (χ4n) is 1.99. The van der Waals surface area contributed by atoms with Crippen molar-refractivity contribution in [1.82, 2.24) is 4.90 Å². The summed E-state index contributed by atoms with van der Waals surface area (Å²) in [4.78, 5) is 13.5. The number of amides is 1. The second-order valence-corrected chi connectivity index (χ2v) is 4.30. The van der Waals surface area contributed by atoms with E-state index in [1.165, 1.54) is 7.11 Å². The van der Waals surface area contributed by atoms with Gasteiger partial charge in [0.05, 0.1) is 24.7 Å². The quantitative estimate of drug-likeness (QED) is 0.716. The molecule has 16 heavy (non-hydrogen) atoms. The summed E-state index contributed by atoms with van der Waals surface area (Å²) in [6.45, 7) is 3.10. The molecule has 3 unspecified atom stereocenters. The number of aliphatic hydroxyl groups is 1. The van der Waals surface area contributed by atoms with Gasteiger partial charge in [0, 0.05) is 27.3 Å². The van der Waals surface area contributed by atoms with Crippen molar-refractivity contribution < 1.29 is 19.4 Å². The molecule has 1 heterocycles. The third-order valence-corrected chi connectivity index (χ3v) is 2.91. The Hall–Kier alpha value is -0.650.